The molecule has 0 heterocycles. The molecule has 2 bridgehead atoms. The molecule has 0 saturated heterocycles. The fourth-order valence-electron chi connectivity index (χ4n) is 5.08. The molecule has 2 heteroatoms. The SMILES string of the molecule is CC(C)(C)[Si](OC[C@H]1C[C@@H]2C=C[C@H]1C2)(c1ccccc1)c1ccccc1. The summed E-state index contributed by atoms with van der Waals surface area (Å²) < 4.78 is 7.11. The minimum atomic E-state index is -2.37. The zero-order valence-electron chi connectivity index (χ0n) is 16.2. The molecule has 0 aliphatic heterocycles. The van der Waals surface area contributed by atoms with Gasteiger partial charge in [0.2, 0.25) is 0 Å². The van der Waals surface area contributed by atoms with Crippen molar-refractivity contribution in [3.8, 4) is 0 Å². The van der Waals surface area contributed by atoms with Crippen molar-refractivity contribution in [1.29, 1.82) is 0 Å². The Morgan fingerprint density at radius 1 is 0.846 bits per heavy atom. The van der Waals surface area contributed by atoms with Gasteiger partial charge >= 0.3 is 0 Å². The first-order chi connectivity index (χ1) is 12.5. The van der Waals surface area contributed by atoms with Crippen molar-refractivity contribution in [2.45, 2.75) is 38.7 Å². The van der Waals surface area contributed by atoms with Crippen LogP contribution < -0.4 is 10.4 Å². The molecule has 0 radical (unpaired) electrons. The van der Waals surface area contributed by atoms with E-state index >= 15 is 0 Å². The molecule has 1 fully saturated rings. The van der Waals surface area contributed by atoms with Crippen molar-refractivity contribution < 1.29 is 4.43 Å². The number of hydrogen-bond donors (Lipinski definition) is 0. The largest absolute Gasteiger partial charge is 0.407 e. The van der Waals surface area contributed by atoms with Crippen molar-refractivity contribution in [2.75, 3.05) is 6.61 Å². The molecule has 2 aromatic carbocycles. The first-order valence-electron chi connectivity index (χ1n) is 9.94. The van der Waals surface area contributed by atoms with Crippen LogP contribution in [0.4, 0.5) is 0 Å². The van der Waals surface area contributed by atoms with E-state index in [2.05, 4.69) is 93.6 Å². The Hall–Kier alpha value is -1.64. The van der Waals surface area contributed by atoms with Crippen LogP contribution in [0.3, 0.4) is 0 Å². The van der Waals surface area contributed by atoms with Gasteiger partial charge in [-0.3, -0.25) is 0 Å². The molecular weight excluding hydrogens is 332 g/mol. The van der Waals surface area contributed by atoms with Crippen LogP contribution in [0.25, 0.3) is 0 Å². The summed E-state index contributed by atoms with van der Waals surface area (Å²) >= 11 is 0. The molecule has 0 spiro atoms. The highest BCUT2D eigenvalue weighted by Crippen LogP contribution is 2.45. The molecular formula is C24H30OSi. The number of fused-ring (bicyclic) bond motifs is 2. The minimum absolute atomic E-state index is 0.0726. The zero-order valence-corrected chi connectivity index (χ0v) is 17.2. The summed E-state index contributed by atoms with van der Waals surface area (Å²) in [7, 11) is -2.37. The number of hydrogen-bond acceptors (Lipinski definition) is 1. The van der Waals surface area contributed by atoms with E-state index in [0.717, 1.165) is 18.4 Å². The Balaban J connectivity index is 1.74. The van der Waals surface area contributed by atoms with Crippen LogP contribution in [-0.2, 0) is 4.43 Å². The summed E-state index contributed by atoms with van der Waals surface area (Å²) in [5.41, 5.74) is 0. The zero-order chi connectivity index (χ0) is 18.2. The molecule has 4 rings (SSSR count). The van der Waals surface area contributed by atoms with E-state index in [0.29, 0.717) is 5.92 Å². The fraction of sp³-hybridized carbons (Fsp3) is 0.417. The van der Waals surface area contributed by atoms with Gasteiger partial charge in [0.25, 0.3) is 8.32 Å². The molecule has 26 heavy (non-hydrogen) atoms. The quantitative estimate of drug-likeness (QED) is 0.550. The van der Waals surface area contributed by atoms with Crippen LogP contribution in [0, 0.1) is 17.8 Å². The monoisotopic (exact) mass is 362 g/mol. The summed E-state index contributed by atoms with van der Waals surface area (Å²) in [5.74, 6) is 2.22. The maximum Gasteiger partial charge on any atom is 0.261 e. The number of benzene rings is 2. The van der Waals surface area contributed by atoms with Gasteiger partial charge in [0, 0.05) is 6.61 Å². The lowest BCUT2D eigenvalue weighted by molar-refractivity contribution is 0.215. The first kappa shape index (κ1) is 17.8. The second-order valence-electron chi connectivity index (χ2n) is 9.01. The molecule has 1 nitrogen and oxygen atoms in total. The number of allylic oxidation sites excluding steroid dienone is 2. The molecule has 3 atom stereocenters. The van der Waals surface area contributed by atoms with Crippen LogP contribution in [0.2, 0.25) is 5.04 Å². The average Bonchev–Trinajstić information content (AvgIpc) is 3.26. The van der Waals surface area contributed by atoms with E-state index in [1.807, 2.05) is 0 Å². The van der Waals surface area contributed by atoms with Crippen LogP contribution in [-0.4, -0.2) is 14.9 Å². The van der Waals surface area contributed by atoms with Crippen molar-refractivity contribution in [3.05, 3.63) is 72.8 Å². The van der Waals surface area contributed by atoms with E-state index in [1.165, 1.54) is 23.2 Å². The van der Waals surface area contributed by atoms with Gasteiger partial charge in [-0.25, -0.2) is 0 Å². The summed E-state index contributed by atoms with van der Waals surface area (Å²) in [6.07, 6.45) is 7.51. The number of rotatable bonds is 5. The van der Waals surface area contributed by atoms with Crippen LogP contribution >= 0.6 is 0 Å². The Morgan fingerprint density at radius 2 is 1.42 bits per heavy atom. The predicted molar refractivity (Wildman–Crippen MR) is 112 cm³/mol. The molecule has 2 aliphatic carbocycles. The summed E-state index contributed by atoms with van der Waals surface area (Å²) in [6.45, 7) is 7.97. The van der Waals surface area contributed by atoms with Crippen LogP contribution in [0.5, 0.6) is 0 Å². The van der Waals surface area contributed by atoms with Crippen molar-refractivity contribution in [1.82, 2.24) is 0 Å². The Bertz CT molecular complexity index is 720. The van der Waals surface area contributed by atoms with E-state index in [9.17, 15) is 0 Å². The van der Waals surface area contributed by atoms with Gasteiger partial charge in [-0.05, 0) is 46.0 Å². The molecule has 1 saturated carbocycles. The third kappa shape index (κ3) is 2.99. The minimum Gasteiger partial charge on any atom is -0.407 e. The maximum atomic E-state index is 7.11. The van der Waals surface area contributed by atoms with Gasteiger partial charge in [0.1, 0.15) is 0 Å². The standard InChI is InChI=1S/C24H30OSi/c1-24(2,3)26(22-10-6-4-7-11-22,23-12-8-5-9-13-23)25-18-21-17-19-14-15-20(21)16-19/h4-15,19-21H,16-18H2,1-3H3/t19-,20+,21-/m1/s1. The van der Waals surface area contributed by atoms with Gasteiger partial charge in [-0.1, -0.05) is 93.6 Å². The lowest BCUT2D eigenvalue weighted by Gasteiger charge is -2.44. The van der Waals surface area contributed by atoms with E-state index in [-0.39, 0.29) is 5.04 Å². The second-order valence-corrected chi connectivity index (χ2v) is 13.3. The molecule has 0 aromatic heterocycles. The molecule has 2 aromatic rings. The maximum absolute atomic E-state index is 7.11. The highest BCUT2D eigenvalue weighted by Gasteiger charge is 2.51. The van der Waals surface area contributed by atoms with E-state index in [1.54, 1.807) is 0 Å². The van der Waals surface area contributed by atoms with Crippen molar-refractivity contribution in [2.24, 2.45) is 17.8 Å². The molecule has 0 amide bonds. The Morgan fingerprint density at radius 3 is 1.85 bits per heavy atom. The van der Waals surface area contributed by atoms with E-state index in [4.69, 9.17) is 4.43 Å². The van der Waals surface area contributed by atoms with Crippen LogP contribution in [0.15, 0.2) is 72.8 Å². The van der Waals surface area contributed by atoms with Crippen molar-refractivity contribution in [3.63, 3.8) is 0 Å². The van der Waals surface area contributed by atoms with Crippen molar-refractivity contribution >= 4 is 18.7 Å². The van der Waals surface area contributed by atoms with Gasteiger partial charge in [-0.2, -0.15) is 0 Å². The smallest absolute Gasteiger partial charge is 0.261 e. The highest BCUT2D eigenvalue weighted by atomic mass is 28.4. The third-order valence-electron chi connectivity index (χ3n) is 6.35. The molecule has 0 N–H and O–H groups in total. The predicted octanol–water partition coefficient (Wildman–Crippen LogP) is 4.78. The lowest BCUT2D eigenvalue weighted by Crippen LogP contribution is -2.67. The van der Waals surface area contributed by atoms with Crippen LogP contribution in [0.1, 0.15) is 33.6 Å². The summed E-state index contributed by atoms with van der Waals surface area (Å²) in [5, 5.41) is 2.85. The Labute approximate surface area is 159 Å². The third-order valence-corrected chi connectivity index (χ3v) is 11.4. The fourth-order valence-corrected chi connectivity index (χ4v) is 9.70. The highest BCUT2D eigenvalue weighted by molar-refractivity contribution is 6.99. The van der Waals surface area contributed by atoms with E-state index < -0.39 is 8.32 Å². The average molecular weight is 363 g/mol. The molecule has 0 unspecified atom stereocenters. The normalized spacial score (nSPS) is 25.0. The first-order valence-corrected chi connectivity index (χ1v) is 11.8. The molecule has 136 valence electrons. The van der Waals surface area contributed by atoms with Gasteiger partial charge in [0.05, 0.1) is 0 Å². The molecule has 2 aliphatic rings. The van der Waals surface area contributed by atoms with Gasteiger partial charge in [0.15, 0.2) is 0 Å². The Kier molecular flexibility index (Phi) is 4.66. The summed E-state index contributed by atoms with van der Waals surface area (Å²) in [4.78, 5) is 0. The topological polar surface area (TPSA) is 9.23 Å². The lowest BCUT2D eigenvalue weighted by atomic mass is 9.95. The second kappa shape index (κ2) is 6.83. The van der Waals surface area contributed by atoms with Gasteiger partial charge < -0.3 is 4.43 Å². The summed E-state index contributed by atoms with van der Waals surface area (Å²) in [6, 6.07) is 22.0. The van der Waals surface area contributed by atoms with Gasteiger partial charge in [-0.15, -0.1) is 0 Å².